The first-order valence-electron chi connectivity index (χ1n) is 6.54. The van der Waals surface area contributed by atoms with Crippen molar-refractivity contribution in [3.63, 3.8) is 0 Å². The fourth-order valence-electron chi connectivity index (χ4n) is 2.16. The summed E-state index contributed by atoms with van der Waals surface area (Å²) in [6.07, 6.45) is 0. The van der Waals surface area contributed by atoms with Gasteiger partial charge in [0.2, 0.25) is 0 Å². The number of carbonyl (C=O) groups is 1. The van der Waals surface area contributed by atoms with Crippen LogP contribution in [0.1, 0.15) is 15.9 Å². The van der Waals surface area contributed by atoms with Gasteiger partial charge in [-0.15, -0.1) is 0 Å². The monoisotopic (exact) mass is 280 g/mol. The number of hydrogen-bond donors (Lipinski definition) is 0. The lowest BCUT2D eigenvalue weighted by Gasteiger charge is -2.20. The smallest absolute Gasteiger partial charge is 0.185 e. The Morgan fingerprint density at radius 1 is 1.19 bits per heavy atom. The van der Waals surface area contributed by atoms with Crippen molar-refractivity contribution >= 4 is 11.5 Å². The summed E-state index contributed by atoms with van der Waals surface area (Å²) in [4.78, 5) is 14.2. The van der Waals surface area contributed by atoms with Crippen LogP contribution in [0.15, 0.2) is 48.5 Å². The van der Waals surface area contributed by atoms with Gasteiger partial charge in [-0.2, -0.15) is 5.26 Å². The molecule has 4 heteroatoms. The third-order valence-corrected chi connectivity index (χ3v) is 3.22. The fourth-order valence-corrected chi connectivity index (χ4v) is 2.16. The zero-order valence-electron chi connectivity index (χ0n) is 12.0. The molecule has 0 aliphatic rings. The molecule has 0 saturated heterocycles. The van der Waals surface area contributed by atoms with Gasteiger partial charge in [0.25, 0.3) is 0 Å². The van der Waals surface area contributed by atoms with Gasteiger partial charge in [-0.25, -0.2) is 0 Å². The molecule has 0 atom stereocenters. The number of Topliss-reactive ketones (excluding diaryl/α,β-unsaturated/α-hetero) is 1. The van der Waals surface area contributed by atoms with Crippen LogP contribution in [0.4, 0.5) is 5.69 Å². The van der Waals surface area contributed by atoms with E-state index in [2.05, 4.69) is 6.07 Å². The maximum Gasteiger partial charge on any atom is 0.185 e. The third kappa shape index (κ3) is 3.21. The molecule has 0 aliphatic heterocycles. The SMILES string of the molecule is COc1ccccc1C(=O)CN(C)c1ccccc1C#N. The minimum Gasteiger partial charge on any atom is -0.496 e. The van der Waals surface area contributed by atoms with E-state index in [1.807, 2.05) is 18.2 Å². The highest BCUT2D eigenvalue weighted by Crippen LogP contribution is 2.21. The van der Waals surface area contributed by atoms with Crippen LogP contribution in [0.25, 0.3) is 0 Å². The molecule has 0 heterocycles. The second-order valence-electron chi connectivity index (χ2n) is 4.61. The Balaban J connectivity index is 2.21. The number of likely N-dealkylation sites (N-methyl/N-ethyl adjacent to an activating group) is 1. The second kappa shape index (κ2) is 6.58. The first-order chi connectivity index (χ1) is 10.2. The Morgan fingerprint density at radius 3 is 2.57 bits per heavy atom. The predicted octanol–water partition coefficient (Wildman–Crippen LogP) is 2.89. The largest absolute Gasteiger partial charge is 0.496 e. The Labute approximate surface area is 124 Å². The number of benzene rings is 2. The van der Waals surface area contributed by atoms with Crippen molar-refractivity contribution in [3.05, 3.63) is 59.7 Å². The Morgan fingerprint density at radius 2 is 1.86 bits per heavy atom. The highest BCUT2D eigenvalue weighted by atomic mass is 16.5. The van der Waals surface area contributed by atoms with E-state index in [9.17, 15) is 4.79 Å². The number of ketones is 1. The van der Waals surface area contributed by atoms with Crippen LogP contribution >= 0.6 is 0 Å². The van der Waals surface area contributed by atoms with Crippen LogP contribution in [0, 0.1) is 11.3 Å². The van der Waals surface area contributed by atoms with Crippen LogP contribution in [-0.4, -0.2) is 26.5 Å². The molecule has 0 bridgehead atoms. The van der Waals surface area contributed by atoms with E-state index in [1.165, 1.54) is 0 Å². The Bertz CT molecular complexity index is 689. The van der Waals surface area contributed by atoms with Crippen molar-refractivity contribution in [2.75, 3.05) is 25.6 Å². The topological polar surface area (TPSA) is 53.3 Å². The van der Waals surface area contributed by atoms with Crippen molar-refractivity contribution < 1.29 is 9.53 Å². The van der Waals surface area contributed by atoms with Gasteiger partial charge >= 0.3 is 0 Å². The highest BCUT2D eigenvalue weighted by Gasteiger charge is 2.15. The predicted molar refractivity (Wildman–Crippen MR) is 81.8 cm³/mol. The summed E-state index contributed by atoms with van der Waals surface area (Å²) in [6.45, 7) is 0.180. The van der Waals surface area contributed by atoms with Gasteiger partial charge in [-0.3, -0.25) is 4.79 Å². The standard InChI is InChI=1S/C17H16N2O2/c1-19(15-9-5-3-7-13(15)11-18)12-16(20)14-8-4-6-10-17(14)21-2/h3-10H,12H2,1-2H3. The van der Waals surface area contributed by atoms with Crippen LogP contribution in [-0.2, 0) is 0 Å². The molecule has 2 aromatic carbocycles. The summed E-state index contributed by atoms with van der Waals surface area (Å²) in [5, 5.41) is 9.12. The van der Waals surface area contributed by atoms with E-state index < -0.39 is 0 Å². The molecule has 4 nitrogen and oxygen atoms in total. The number of carbonyl (C=O) groups excluding carboxylic acids is 1. The Hall–Kier alpha value is -2.80. The van der Waals surface area contributed by atoms with Crippen LogP contribution < -0.4 is 9.64 Å². The number of nitrogens with zero attached hydrogens (tertiary/aromatic N) is 2. The van der Waals surface area contributed by atoms with Crippen molar-refractivity contribution in [2.24, 2.45) is 0 Å². The first-order valence-corrected chi connectivity index (χ1v) is 6.54. The average Bonchev–Trinajstić information content (AvgIpc) is 2.54. The normalized spacial score (nSPS) is 9.76. The number of ether oxygens (including phenoxy) is 1. The quantitative estimate of drug-likeness (QED) is 0.790. The van der Waals surface area contributed by atoms with Crippen LogP contribution in [0.3, 0.4) is 0 Å². The summed E-state index contributed by atoms with van der Waals surface area (Å²) in [5.74, 6) is 0.507. The lowest BCUT2D eigenvalue weighted by atomic mass is 10.1. The van der Waals surface area contributed by atoms with Crippen molar-refractivity contribution in [3.8, 4) is 11.8 Å². The minimum absolute atomic E-state index is 0.0531. The summed E-state index contributed by atoms with van der Waals surface area (Å²) in [5.41, 5.74) is 1.83. The number of methoxy groups -OCH3 is 1. The average molecular weight is 280 g/mol. The van der Waals surface area contributed by atoms with E-state index in [0.717, 1.165) is 5.69 Å². The maximum atomic E-state index is 12.4. The molecule has 21 heavy (non-hydrogen) atoms. The molecule has 0 unspecified atom stereocenters. The highest BCUT2D eigenvalue weighted by molar-refractivity contribution is 6.01. The molecule has 0 fully saturated rings. The number of para-hydroxylation sites is 2. The Kier molecular flexibility index (Phi) is 4.57. The number of anilines is 1. The van der Waals surface area contributed by atoms with Gasteiger partial charge in [-0.05, 0) is 24.3 Å². The molecule has 2 aromatic rings. The fraction of sp³-hybridized carbons (Fsp3) is 0.176. The molecule has 106 valence electrons. The second-order valence-corrected chi connectivity index (χ2v) is 4.61. The van der Waals surface area contributed by atoms with Gasteiger partial charge in [0.15, 0.2) is 5.78 Å². The van der Waals surface area contributed by atoms with Crippen molar-refractivity contribution in [1.82, 2.24) is 0 Å². The number of nitriles is 1. The van der Waals surface area contributed by atoms with E-state index in [-0.39, 0.29) is 12.3 Å². The molecular formula is C17H16N2O2. The lowest BCUT2D eigenvalue weighted by Crippen LogP contribution is -2.26. The summed E-state index contributed by atoms with van der Waals surface area (Å²) < 4.78 is 5.21. The minimum atomic E-state index is -0.0531. The lowest BCUT2D eigenvalue weighted by molar-refractivity contribution is 0.0997. The van der Waals surface area contributed by atoms with E-state index in [4.69, 9.17) is 10.00 Å². The van der Waals surface area contributed by atoms with Gasteiger partial charge in [0.1, 0.15) is 11.8 Å². The van der Waals surface area contributed by atoms with Gasteiger partial charge < -0.3 is 9.64 Å². The van der Waals surface area contributed by atoms with Gasteiger partial charge in [0.05, 0.1) is 30.5 Å². The third-order valence-electron chi connectivity index (χ3n) is 3.22. The molecule has 0 spiro atoms. The van der Waals surface area contributed by atoms with Crippen LogP contribution in [0.5, 0.6) is 5.75 Å². The van der Waals surface area contributed by atoms with E-state index >= 15 is 0 Å². The van der Waals surface area contributed by atoms with Crippen molar-refractivity contribution in [1.29, 1.82) is 5.26 Å². The molecule has 2 rings (SSSR count). The van der Waals surface area contributed by atoms with Gasteiger partial charge in [-0.1, -0.05) is 24.3 Å². The molecular weight excluding hydrogens is 264 g/mol. The molecule has 0 amide bonds. The van der Waals surface area contributed by atoms with E-state index in [0.29, 0.717) is 16.9 Å². The maximum absolute atomic E-state index is 12.4. The molecule has 0 N–H and O–H groups in total. The number of hydrogen-bond acceptors (Lipinski definition) is 4. The van der Waals surface area contributed by atoms with Crippen molar-refractivity contribution in [2.45, 2.75) is 0 Å². The molecule has 0 saturated carbocycles. The molecule has 0 aliphatic carbocycles. The first kappa shape index (κ1) is 14.6. The summed E-state index contributed by atoms with van der Waals surface area (Å²) >= 11 is 0. The zero-order chi connectivity index (χ0) is 15.2. The molecule has 0 radical (unpaired) electrons. The number of rotatable bonds is 5. The molecule has 0 aromatic heterocycles. The zero-order valence-corrected chi connectivity index (χ0v) is 12.0. The summed E-state index contributed by atoms with van der Waals surface area (Å²) in [7, 11) is 3.34. The summed E-state index contributed by atoms with van der Waals surface area (Å²) in [6, 6.07) is 16.5. The van der Waals surface area contributed by atoms with Gasteiger partial charge in [0, 0.05) is 7.05 Å². The van der Waals surface area contributed by atoms with E-state index in [1.54, 1.807) is 49.4 Å². The van der Waals surface area contributed by atoms with Crippen LogP contribution in [0.2, 0.25) is 0 Å².